The van der Waals surface area contributed by atoms with Crippen molar-refractivity contribution in [3.8, 4) is 11.5 Å². The molecule has 1 heterocycles. The molecule has 0 spiro atoms. The Bertz CT molecular complexity index is 432. The second kappa shape index (κ2) is 3.90. The van der Waals surface area contributed by atoms with Crippen molar-refractivity contribution in [3.63, 3.8) is 0 Å². The lowest BCUT2D eigenvalue weighted by molar-refractivity contribution is -0.139. The lowest BCUT2D eigenvalue weighted by Gasteiger charge is -2.22. The summed E-state index contributed by atoms with van der Waals surface area (Å²) in [7, 11) is 0. The molecule has 0 aliphatic carbocycles. The molecule has 1 N–H and O–H groups in total. The monoisotopic (exact) mass is 240 g/mol. The van der Waals surface area contributed by atoms with Crippen LogP contribution in [-0.2, 0) is 9.54 Å². The first-order valence-electron chi connectivity index (χ1n) is 4.76. The molecule has 0 saturated heterocycles. The third kappa shape index (κ3) is 1.61. The minimum Gasteiger partial charge on any atom is -0.480 e. The topological polar surface area (TPSA) is 55.8 Å². The van der Waals surface area contributed by atoms with Crippen molar-refractivity contribution < 1.29 is 19.4 Å². The Morgan fingerprint density at radius 2 is 2.12 bits per heavy atom. The Kier molecular flexibility index (Phi) is 2.71. The summed E-state index contributed by atoms with van der Waals surface area (Å²) in [4.78, 5) is 11.3. The molecule has 1 unspecified atom stereocenters. The molecule has 1 aliphatic heterocycles. The van der Waals surface area contributed by atoms with E-state index in [2.05, 4.69) is 0 Å². The van der Waals surface area contributed by atoms with E-state index in [0.29, 0.717) is 17.1 Å². The Labute approximate surface area is 97.6 Å². The highest BCUT2D eigenvalue weighted by Gasteiger charge is 2.35. The van der Waals surface area contributed by atoms with Crippen molar-refractivity contribution in [3.05, 3.63) is 23.8 Å². The van der Waals surface area contributed by atoms with Gasteiger partial charge in [0.2, 0.25) is 6.79 Å². The molecule has 2 rings (SSSR count). The third-order valence-electron chi connectivity index (χ3n) is 2.74. The van der Waals surface area contributed by atoms with Gasteiger partial charge >= 0.3 is 5.97 Å². The molecule has 1 aromatic rings. The molecular formula is C11H12O4S. The van der Waals surface area contributed by atoms with Crippen molar-refractivity contribution in [2.45, 2.75) is 11.7 Å². The zero-order chi connectivity index (χ0) is 11.8. The van der Waals surface area contributed by atoms with Gasteiger partial charge in [-0.05, 0) is 30.9 Å². The fraction of sp³-hybridized carbons (Fsp3) is 0.364. The fourth-order valence-electron chi connectivity index (χ4n) is 1.52. The number of thioether (sulfide) groups is 1. The Morgan fingerprint density at radius 1 is 1.44 bits per heavy atom. The van der Waals surface area contributed by atoms with E-state index in [1.54, 1.807) is 31.4 Å². The molecule has 0 radical (unpaired) electrons. The summed E-state index contributed by atoms with van der Waals surface area (Å²) in [6.07, 6.45) is 1.78. The van der Waals surface area contributed by atoms with Crippen LogP contribution >= 0.6 is 11.8 Å². The van der Waals surface area contributed by atoms with Gasteiger partial charge in [-0.3, -0.25) is 4.79 Å². The summed E-state index contributed by atoms with van der Waals surface area (Å²) < 4.78 is 9.46. The minimum atomic E-state index is -0.957. The first-order chi connectivity index (χ1) is 7.58. The highest BCUT2D eigenvalue weighted by molar-refractivity contribution is 8.00. The summed E-state index contributed by atoms with van der Waals surface area (Å²) in [5.74, 6) is 0.412. The minimum absolute atomic E-state index is 0.196. The average Bonchev–Trinajstić information content (AvgIpc) is 2.74. The molecule has 0 bridgehead atoms. The van der Waals surface area contributed by atoms with Crippen LogP contribution in [0.25, 0.3) is 0 Å². The summed E-state index contributed by atoms with van der Waals surface area (Å²) in [6.45, 7) is 1.87. The number of hydrogen-bond acceptors (Lipinski definition) is 4. The largest absolute Gasteiger partial charge is 0.480 e. The van der Waals surface area contributed by atoms with Gasteiger partial charge in [-0.2, -0.15) is 0 Å². The van der Waals surface area contributed by atoms with E-state index in [1.807, 2.05) is 0 Å². The lowest BCUT2D eigenvalue weighted by atomic mass is 10.00. The smallest absolute Gasteiger partial charge is 0.324 e. The normalized spacial score (nSPS) is 16.9. The van der Waals surface area contributed by atoms with E-state index >= 15 is 0 Å². The molecular weight excluding hydrogens is 228 g/mol. The number of rotatable bonds is 3. The number of hydrogen-bond donors (Lipinski definition) is 1. The van der Waals surface area contributed by atoms with Gasteiger partial charge in [0.05, 0.1) is 0 Å². The number of benzene rings is 1. The molecule has 1 atom stereocenters. The average molecular weight is 240 g/mol. The van der Waals surface area contributed by atoms with E-state index < -0.39 is 10.7 Å². The van der Waals surface area contributed by atoms with Crippen LogP contribution in [0.1, 0.15) is 12.5 Å². The van der Waals surface area contributed by atoms with Gasteiger partial charge in [-0.15, -0.1) is 11.8 Å². The van der Waals surface area contributed by atoms with Gasteiger partial charge in [0, 0.05) is 0 Å². The molecule has 4 nitrogen and oxygen atoms in total. The highest BCUT2D eigenvalue weighted by atomic mass is 32.2. The predicted molar refractivity (Wildman–Crippen MR) is 61.1 cm³/mol. The summed E-state index contributed by atoms with van der Waals surface area (Å²) in [5.41, 5.74) is 0.705. The number of aliphatic carboxylic acids is 1. The highest BCUT2D eigenvalue weighted by Crippen LogP contribution is 2.40. The van der Waals surface area contributed by atoms with E-state index in [-0.39, 0.29) is 6.79 Å². The van der Waals surface area contributed by atoms with Gasteiger partial charge < -0.3 is 14.6 Å². The van der Waals surface area contributed by atoms with Crippen molar-refractivity contribution >= 4 is 17.7 Å². The predicted octanol–water partition coefficient (Wildman–Crippen LogP) is 2.08. The van der Waals surface area contributed by atoms with E-state index in [1.165, 1.54) is 11.8 Å². The molecule has 86 valence electrons. The van der Waals surface area contributed by atoms with E-state index in [0.717, 1.165) is 0 Å². The number of ether oxygens (including phenoxy) is 2. The lowest BCUT2D eigenvalue weighted by Crippen LogP contribution is -2.28. The standard InChI is InChI=1S/C11H12O4S/c1-11(16-2,10(12)13)7-3-4-8-9(5-7)15-6-14-8/h3-5H,6H2,1-2H3,(H,12,13). The number of carbonyl (C=O) groups is 1. The molecule has 1 aliphatic rings. The molecule has 0 fully saturated rings. The molecule has 16 heavy (non-hydrogen) atoms. The second-order valence-corrected chi connectivity index (χ2v) is 4.84. The maximum absolute atomic E-state index is 11.3. The first-order valence-corrected chi connectivity index (χ1v) is 5.99. The Hall–Kier alpha value is -1.36. The van der Waals surface area contributed by atoms with Gasteiger partial charge in [-0.25, -0.2) is 0 Å². The summed E-state index contributed by atoms with van der Waals surface area (Å²) in [6, 6.07) is 5.24. The van der Waals surface area contributed by atoms with E-state index in [4.69, 9.17) is 9.47 Å². The number of carboxylic acid groups (broad SMARTS) is 1. The maximum Gasteiger partial charge on any atom is 0.324 e. The maximum atomic E-state index is 11.3. The zero-order valence-electron chi connectivity index (χ0n) is 9.02. The second-order valence-electron chi connectivity index (χ2n) is 3.61. The van der Waals surface area contributed by atoms with Crippen LogP contribution in [0.4, 0.5) is 0 Å². The number of carboxylic acids is 1. The Balaban J connectivity index is 2.44. The summed E-state index contributed by atoms with van der Waals surface area (Å²) in [5, 5.41) is 9.24. The van der Waals surface area contributed by atoms with Crippen LogP contribution in [0.2, 0.25) is 0 Å². The van der Waals surface area contributed by atoms with Gasteiger partial charge in [-0.1, -0.05) is 6.07 Å². The van der Waals surface area contributed by atoms with Crippen LogP contribution in [0.5, 0.6) is 11.5 Å². The van der Waals surface area contributed by atoms with Crippen molar-refractivity contribution in [2.75, 3.05) is 13.0 Å². The van der Waals surface area contributed by atoms with Crippen molar-refractivity contribution in [2.24, 2.45) is 0 Å². The van der Waals surface area contributed by atoms with Crippen molar-refractivity contribution in [1.82, 2.24) is 0 Å². The Morgan fingerprint density at radius 3 is 2.75 bits per heavy atom. The third-order valence-corrected chi connectivity index (χ3v) is 3.97. The van der Waals surface area contributed by atoms with Crippen LogP contribution in [0.15, 0.2) is 18.2 Å². The van der Waals surface area contributed by atoms with Crippen LogP contribution < -0.4 is 9.47 Å². The van der Waals surface area contributed by atoms with Gasteiger partial charge in [0.1, 0.15) is 4.75 Å². The molecule has 0 amide bonds. The van der Waals surface area contributed by atoms with E-state index in [9.17, 15) is 9.90 Å². The number of fused-ring (bicyclic) bond motifs is 1. The van der Waals surface area contributed by atoms with Crippen LogP contribution in [-0.4, -0.2) is 24.1 Å². The molecule has 0 aromatic heterocycles. The SMILES string of the molecule is CSC(C)(C(=O)O)c1ccc2c(c1)OCO2. The van der Waals surface area contributed by atoms with Crippen LogP contribution in [0, 0.1) is 0 Å². The first kappa shape index (κ1) is 11.1. The molecule has 5 heteroatoms. The fourth-order valence-corrected chi connectivity index (χ4v) is 2.06. The zero-order valence-corrected chi connectivity index (χ0v) is 9.84. The quantitative estimate of drug-likeness (QED) is 0.876. The van der Waals surface area contributed by atoms with Gasteiger partial charge in [0.15, 0.2) is 11.5 Å². The van der Waals surface area contributed by atoms with Crippen molar-refractivity contribution in [1.29, 1.82) is 0 Å². The summed E-state index contributed by atoms with van der Waals surface area (Å²) >= 11 is 1.28. The molecule has 1 aromatic carbocycles. The van der Waals surface area contributed by atoms with Gasteiger partial charge in [0.25, 0.3) is 0 Å². The molecule has 0 saturated carbocycles. The van der Waals surface area contributed by atoms with Crippen LogP contribution in [0.3, 0.4) is 0 Å².